The predicted molar refractivity (Wildman–Crippen MR) is 165 cm³/mol. The van der Waals surface area contributed by atoms with Gasteiger partial charge in [-0.3, -0.25) is 13.9 Å². The molecule has 10 heteroatoms. The molecular weight excluding hydrogens is 614 g/mol. The number of benzene rings is 3. The van der Waals surface area contributed by atoms with Gasteiger partial charge in [0.05, 0.1) is 11.9 Å². The van der Waals surface area contributed by atoms with Crippen molar-refractivity contribution in [2.24, 2.45) is 0 Å². The van der Waals surface area contributed by atoms with E-state index >= 15 is 0 Å². The summed E-state index contributed by atoms with van der Waals surface area (Å²) >= 11 is 9.53. The first-order valence-electron chi connectivity index (χ1n) is 13.0. The Balaban J connectivity index is 2.06. The third-order valence-electron chi connectivity index (χ3n) is 6.65. The van der Waals surface area contributed by atoms with Gasteiger partial charge in [0.25, 0.3) is 0 Å². The first kappa shape index (κ1) is 31.6. The highest BCUT2D eigenvalue weighted by atomic mass is 79.9. The molecule has 3 rings (SSSR count). The van der Waals surface area contributed by atoms with Gasteiger partial charge < -0.3 is 10.2 Å². The molecule has 0 aliphatic heterocycles. The smallest absolute Gasteiger partial charge is 0.244 e. The number of nitrogens with one attached hydrogen (secondary N) is 1. The third-order valence-corrected chi connectivity index (χ3v) is 8.93. The van der Waals surface area contributed by atoms with E-state index in [-0.39, 0.29) is 24.9 Å². The maximum Gasteiger partial charge on any atom is 0.244 e. The lowest BCUT2D eigenvalue weighted by Crippen LogP contribution is -2.54. The summed E-state index contributed by atoms with van der Waals surface area (Å²) in [5, 5.41) is 3.57. The maximum atomic E-state index is 14.1. The largest absolute Gasteiger partial charge is 0.352 e. The molecule has 1 N–H and O–H groups in total. The zero-order chi connectivity index (χ0) is 29.4. The first-order chi connectivity index (χ1) is 18.9. The van der Waals surface area contributed by atoms with E-state index in [2.05, 4.69) is 21.2 Å². The number of amides is 2. The molecule has 2 unspecified atom stereocenters. The molecule has 0 bridgehead atoms. The van der Waals surface area contributed by atoms with E-state index in [1.807, 2.05) is 51.1 Å². The molecule has 0 radical (unpaired) electrons. The van der Waals surface area contributed by atoms with Gasteiger partial charge in [0.2, 0.25) is 21.8 Å². The molecule has 0 saturated heterocycles. The average molecular weight is 649 g/mol. The lowest BCUT2D eigenvalue weighted by molar-refractivity contribution is -0.140. The number of halogens is 2. The summed E-state index contributed by atoms with van der Waals surface area (Å²) in [6.45, 7) is 5.35. The van der Waals surface area contributed by atoms with E-state index in [0.717, 1.165) is 38.1 Å². The normalized spacial score (nSPS) is 12.8. The molecule has 0 heterocycles. The van der Waals surface area contributed by atoms with Gasteiger partial charge in [-0.2, -0.15) is 0 Å². The Morgan fingerprint density at radius 2 is 1.65 bits per heavy atom. The predicted octanol–water partition coefficient (Wildman–Crippen LogP) is 5.73. The second-order valence-corrected chi connectivity index (χ2v) is 13.1. The summed E-state index contributed by atoms with van der Waals surface area (Å²) in [5.41, 5.74) is 2.83. The number of carbonyl (C=O) groups excluding carboxylic acids is 2. The van der Waals surface area contributed by atoms with Crippen molar-refractivity contribution in [3.63, 3.8) is 0 Å². The van der Waals surface area contributed by atoms with E-state index in [9.17, 15) is 18.0 Å². The molecule has 0 spiro atoms. The van der Waals surface area contributed by atoms with Crippen LogP contribution in [0.5, 0.6) is 0 Å². The van der Waals surface area contributed by atoms with Crippen LogP contribution in [0, 0.1) is 6.92 Å². The SMILES string of the molecule is CCC(C)NC(=O)C(Cc1ccccc1)N(Cc1ccc(Cl)cc1)C(=O)CN(c1ccc(Br)c(C)c1)S(C)(=O)=O. The monoisotopic (exact) mass is 647 g/mol. The number of rotatable bonds is 12. The Labute approximate surface area is 250 Å². The summed E-state index contributed by atoms with van der Waals surface area (Å²) in [7, 11) is -3.83. The van der Waals surface area contributed by atoms with Crippen molar-refractivity contribution < 1.29 is 18.0 Å². The van der Waals surface area contributed by atoms with Gasteiger partial charge in [0.15, 0.2) is 0 Å². The Hall–Kier alpha value is -2.88. The molecule has 0 aliphatic carbocycles. The van der Waals surface area contributed by atoms with Crippen LogP contribution in [0.2, 0.25) is 5.02 Å². The van der Waals surface area contributed by atoms with E-state index in [4.69, 9.17) is 11.6 Å². The highest BCUT2D eigenvalue weighted by Gasteiger charge is 2.33. The molecule has 40 heavy (non-hydrogen) atoms. The number of anilines is 1. The van der Waals surface area contributed by atoms with Gasteiger partial charge in [-0.05, 0) is 67.3 Å². The summed E-state index contributed by atoms with van der Waals surface area (Å²) < 4.78 is 27.7. The molecular formula is C30H35BrClN3O4S. The summed E-state index contributed by atoms with van der Waals surface area (Å²) in [5.74, 6) is -0.799. The molecule has 3 aromatic carbocycles. The summed E-state index contributed by atoms with van der Waals surface area (Å²) in [6.07, 6.45) is 2.05. The van der Waals surface area contributed by atoms with E-state index in [1.165, 1.54) is 4.90 Å². The van der Waals surface area contributed by atoms with Gasteiger partial charge in [0, 0.05) is 28.5 Å². The summed E-state index contributed by atoms with van der Waals surface area (Å²) in [4.78, 5) is 29.2. The Morgan fingerprint density at radius 1 is 1.00 bits per heavy atom. The van der Waals surface area contributed by atoms with Crippen LogP contribution in [0.4, 0.5) is 5.69 Å². The molecule has 3 aromatic rings. The van der Waals surface area contributed by atoms with Crippen LogP contribution in [0.1, 0.15) is 37.0 Å². The zero-order valence-electron chi connectivity index (χ0n) is 23.1. The topological polar surface area (TPSA) is 86.8 Å². The Morgan fingerprint density at radius 3 is 2.23 bits per heavy atom. The number of hydrogen-bond acceptors (Lipinski definition) is 4. The second kappa shape index (κ2) is 14.1. The van der Waals surface area contributed by atoms with E-state index in [1.54, 1.807) is 42.5 Å². The zero-order valence-corrected chi connectivity index (χ0v) is 26.3. The van der Waals surface area contributed by atoms with Crippen LogP contribution in [-0.4, -0.2) is 50.0 Å². The third kappa shape index (κ3) is 8.81. The van der Waals surface area contributed by atoms with Crippen molar-refractivity contribution in [2.45, 2.75) is 52.2 Å². The van der Waals surface area contributed by atoms with Crippen molar-refractivity contribution in [1.29, 1.82) is 0 Å². The molecule has 2 atom stereocenters. The van der Waals surface area contributed by atoms with Crippen molar-refractivity contribution in [2.75, 3.05) is 17.1 Å². The van der Waals surface area contributed by atoms with Crippen LogP contribution in [-0.2, 0) is 32.6 Å². The molecule has 0 fully saturated rings. The van der Waals surface area contributed by atoms with Crippen LogP contribution < -0.4 is 9.62 Å². The minimum atomic E-state index is -3.83. The summed E-state index contributed by atoms with van der Waals surface area (Å²) in [6, 6.07) is 20.6. The fraction of sp³-hybridized carbons (Fsp3) is 0.333. The number of hydrogen-bond donors (Lipinski definition) is 1. The number of sulfonamides is 1. The fourth-order valence-electron chi connectivity index (χ4n) is 4.18. The van der Waals surface area contributed by atoms with Gasteiger partial charge in [-0.15, -0.1) is 0 Å². The van der Waals surface area contributed by atoms with E-state index in [0.29, 0.717) is 10.7 Å². The van der Waals surface area contributed by atoms with Crippen molar-refractivity contribution >= 4 is 55.1 Å². The quantitative estimate of drug-likeness (QED) is 0.272. The minimum Gasteiger partial charge on any atom is -0.352 e. The molecule has 0 aromatic heterocycles. The lowest BCUT2D eigenvalue weighted by atomic mass is 10.0. The standard InChI is InChI=1S/C30H35BrClN3O4S/c1-5-22(3)33-30(37)28(18-23-9-7-6-8-10-23)34(19-24-11-13-25(32)14-12-24)29(36)20-35(40(4,38)39)26-15-16-27(31)21(2)17-26/h6-17,22,28H,5,18-20H2,1-4H3,(H,33,37). The van der Waals surface area contributed by atoms with Gasteiger partial charge in [-0.25, -0.2) is 8.42 Å². The van der Waals surface area contributed by atoms with Crippen LogP contribution in [0.25, 0.3) is 0 Å². The number of aryl methyl sites for hydroxylation is 1. The van der Waals surface area contributed by atoms with Gasteiger partial charge in [-0.1, -0.05) is 76.9 Å². The molecule has 214 valence electrons. The van der Waals surface area contributed by atoms with Crippen molar-refractivity contribution in [3.05, 3.63) is 99.0 Å². The van der Waals surface area contributed by atoms with Crippen LogP contribution in [0.3, 0.4) is 0 Å². The first-order valence-corrected chi connectivity index (χ1v) is 16.0. The highest BCUT2D eigenvalue weighted by molar-refractivity contribution is 9.10. The van der Waals surface area contributed by atoms with Crippen molar-refractivity contribution in [1.82, 2.24) is 10.2 Å². The second-order valence-electron chi connectivity index (χ2n) is 9.87. The van der Waals surface area contributed by atoms with Gasteiger partial charge in [0.1, 0.15) is 12.6 Å². The van der Waals surface area contributed by atoms with Crippen molar-refractivity contribution in [3.8, 4) is 0 Å². The Bertz CT molecular complexity index is 1420. The molecule has 7 nitrogen and oxygen atoms in total. The average Bonchev–Trinajstić information content (AvgIpc) is 2.91. The van der Waals surface area contributed by atoms with Gasteiger partial charge >= 0.3 is 0 Å². The van der Waals surface area contributed by atoms with Crippen LogP contribution in [0.15, 0.2) is 77.3 Å². The number of carbonyl (C=O) groups is 2. The van der Waals surface area contributed by atoms with Crippen LogP contribution >= 0.6 is 27.5 Å². The minimum absolute atomic E-state index is 0.0956. The molecule has 0 saturated carbocycles. The molecule has 2 amide bonds. The lowest BCUT2D eigenvalue weighted by Gasteiger charge is -2.34. The molecule has 0 aliphatic rings. The fourth-order valence-corrected chi connectivity index (χ4v) is 5.39. The highest BCUT2D eigenvalue weighted by Crippen LogP contribution is 2.25. The maximum absolute atomic E-state index is 14.1. The van der Waals surface area contributed by atoms with E-state index < -0.39 is 28.5 Å². The Kier molecular flexibility index (Phi) is 11.2. The number of nitrogens with zero attached hydrogens (tertiary/aromatic N) is 2.